The van der Waals surface area contributed by atoms with Crippen molar-refractivity contribution in [3.05, 3.63) is 41.7 Å². The van der Waals surface area contributed by atoms with E-state index < -0.39 is 10.0 Å². The largest absolute Gasteiger partial charge is 0.309 e. The second kappa shape index (κ2) is 4.47. The Hall–Kier alpha value is -1.66. The molecule has 0 aliphatic carbocycles. The molecule has 0 bridgehead atoms. The minimum Gasteiger partial charge on any atom is -0.309 e. The van der Waals surface area contributed by atoms with E-state index in [1.54, 1.807) is 19.3 Å². The average molecular weight is 277 g/mol. The van der Waals surface area contributed by atoms with E-state index in [-0.39, 0.29) is 5.75 Å². The van der Waals surface area contributed by atoms with E-state index in [4.69, 9.17) is 0 Å². The van der Waals surface area contributed by atoms with Crippen LogP contribution in [0.4, 0.5) is 0 Å². The van der Waals surface area contributed by atoms with E-state index in [0.29, 0.717) is 0 Å². The lowest BCUT2D eigenvalue weighted by Crippen LogP contribution is -2.14. The van der Waals surface area contributed by atoms with E-state index in [9.17, 15) is 8.42 Å². The number of nitrogens with zero attached hydrogens (tertiary/aromatic N) is 2. The lowest BCUT2D eigenvalue weighted by atomic mass is 10.0. The van der Waals surface area contributed by atoms with Crippen LogP contribution in [-0.4, -0.2) is 23.4 Å². The third-order valence-electron chi connectivity index (χ3n) is 3.38. The van der Waals surface area contributed by atoms with Gasteiger partial charge in [-0.3, -0.25) is 0 Å². The van der Waals surface area contributed by atoms with Gasteiger partial charge in [0.25, 0.3) is 10.0 Å². The number of hydrogen-bond acceptors (Lipinski definition) is 4. The molecule has 2 heterocycles. The first-order valence-electron chi connectivity index (χ1n) is 6.21. The summed E-state index contributed by atoms with van der Waals surface area (Å²) in [4.78, 5) is 0. The molecule has 100 valence electrons. The van der Waals surface area contributed by atoms with Crippen LogP contribution in [0.1, 0.15) is 18.1 Å². The molecule has 1 aliphatic rings. The van der Waals surface area contributed by atoms with Gasteiger partial charge < -0.3 is 5.32 Å². The molecule has 3 rings (SSSR count). The van der Waals surface area contributed by atoms with Gasteiger partial charge in [-0.05, 0) is 29.7 Å². The maximum absolute atomic E-state index is 11.7. The predicted octanol–water partition coefficient (Wildman–Crippen LogP) is 1.35. The fourth-order valence-corrected chi connectivity index (χ4v) is 2.94. The van der Waals surface area contributed by atoms with Crippen LogP contribution in [0.15, 0.2) is 30.6 Å². The first-order chi connectivity index (χ1) is 9.10. The smallest absolute Gasteiger partial charge is 0.253 e. The summed E-state index contributed by atoms with van der Waals surface area (Å²) in [5.41, 5.74) is 4.40. The van der Waals surface area contributed by atoms with Crippen LogP contribution in [0.3, 0.4) is 0 Å². The van der Waals surface area contributed by atoms with Gasteiger partial charge in [0, 0.05) is 18.7 Å². The van der Waals surface area contributed by atoms with Crippen LogP contribution in [0.25, 0.3) is 11.1 Å². The molecule has 0 fully saturated rings. The Bertz CT molecular complexity index is 719. The molecule has 0 unspecified atom stereocenters. The number of fused-ring (bicyclic) bond motifs is 1. The molecule has 0 radical (unpaired) electrons. The van der Waals surface area contributed by atoms with Crippen molar-refractivity contribution in [3.8, 4) is 11.1 Å². The van der Waals surface area contributed by atoms with Crippen molar-refractivity contribution in [2.75, 3.05) is 5.75 Å². The summed E-state index contributed by atoms with van der Waals surface area (Å²) in [7, 11) is -3.30. The summed E-state index contributed by atoms with van der Waals surface area (Å²) in [6.45, 7) is 3.38. The molecule has 6 heteroatoms. The van der Waals surface area contributed by atoms with Crippen LogP contribution in [-0.2, 0) is 23.1 Å². The zero-order valence-corrected chi connectivity index (χ0v) is 11.4. The van der Waals surface area contributed by atoms with Gasteiger partial charge >= 0.3 is 0 Å². The molecule has 0 amide bonds. The molecule has 5 nitrogen and oxygen atoms in total. The molecule has 2 aromatic rings. The summed E-state index contributed by atoms with van der Waals surface area (Å²) >= 11 is 0. The second-order valence-electron chi connectivity index (χ2n) is 4.59. The minimum absolute atomic E-state index is 0.0439. The zero-order valence-electron chi connectivity index (χ0n) is 10.6. The van der Waals surface area contributed by atoms with E-state index >= 15 is 0 Å². The third-order valence-corrected chi connectivity index (χ3v) is 4.88. The van der Waals surface area contributed by atoms with E-state index in [1.165, 1.54) is 11.1 Å². The van der Waals surface area contributed by atoms with Crippen molar-refractivity contribution < 1.29 is 8.42 Å². The highest BCUT2D eigenvalue weighted by molar-refractivity contribution is 7.89. The van der Waals surface area contributed by atoms with Gasteiger partial charge in [0.15, 0.2) is 0 Å². The van der Waals surface area contributed by atoms with E-state index in [0.717, 1.165) is 28.3 Å². The summed E-state index contributed by atoms with van der Waals surface area (Å²) in [5.74, 6) is 0.0439. The van der Waals surface area contributed by atoms with Crippen LogP contribution >= 0.6 is 0 Å². The summed E-state index contributed by atoms with van der Waals surface area (Å²) in [6, 6.07) is 6.18. The van der Waals surface area contributed by atoms with Crippen molar-refractivity contribution in [1.29, 1.82) is 0 Å². The van der Waals surface area contributed by atoms with Gasteiger partial charge in [-0.25, -0.2) is 8.42 Å². The van der Waals surface area contributed by atoms with Crippen molar-refractivity contribution >= 4 is 10.0 Å². The average Bonchev–Trinajstić information content (AvgIpc) is 3.06. The van der Waals surface area contributed by atoms with Gasteiger partial charge in [-0.1, -0.05) is 12.1 Å². The number of nitrogens with one attached hydrogen (secondary N) is 1. The number of hydrogen-bond donors (Lipinski definition) is 1. The molecule has 0 atom stereocenters. The lowest BCUT2D eigenvalue weighted by molar-refractivity contribution is 0.581. The Kier molecular flexibility index (Phi) is 2.91. The molecular formula is C13H15N3O2S. The summed E-state index contributed by atoms with van der Waals surface area (Å²) in [6.07, 6.45) is 3.17. The van der Waals surface area contributed by atoms with Gasteiger partial charge in [-0.15, -0.1) is 0 Å². The van der Waals surface area contributed by atoms with Crippen molar-refractivity contribution in [3.63, 3.8) is 0 Å². The zero-order chi connectivity index (χ0) is 13.5. The number of rotatable bonds is 3. The Balaban J connectivity index is 2.00. The monoisotopic (exact) mass is 277 g/mol. The molecule has 1 aromatic carbocycles. The number of benzene rings is 1. The third kappa shape index (κ3) is 2.17. The van der Waals surface area contributed by atoms with Crippen LogP contribution in [0, 0.1) is 0 Å². The molecule has 0 saturated carbocycles. The van der Waals surface area contributed by atoms with Gasteiger partial charge in [0.1, 0.15) is 0 Å². The normalized spacial score (nSPS) is 14.6. The summed E-state index contributed by atoms with van der Waals surface area (Å²) < 4.78 is 24.5. The number of aromatic nitrogens is 2. The van der Waals surface area contributed by atoms with Crippen LogP contribution in [0.2, 0.25) is 0 Å². The van der Waals surface area contributed by atoms with Crippen molar-refractivity contribution in [2.45, 2.75) is 20.0 Å². The quantitative estimate of drug-likeness (QED) is 0.920. The molecule has 1 aliphatic heterocycles. The van der Waals surface area contributed by atoms with Gasteiger partial charge in [0.05, 0.1) is 18.1 Å². The van der Waals surface area contributed by atoms with Crippen molar-refractivity contribution in [1.82, 2.24) is 14.5 Å². The van der Waals surface area contributed by atoms with Crippen molar-refractivity contribution in [2.24, 2.45) is 0 Å². The highest BCUT2D eigenvalue weighted by atomic mass is 32.2. The van der Waals surface area contributed by atoms with Gasteiger partial charge in [-0.2, -0.15) is 9.19 Å². The molecule has 1 aromatic heterocycles. The van der Waals surface area contributed by atoms with Gasteiger partial charge in [0.2, 0.25) is 0 Å². The maximum Gasteiger partial charge on any atom is 0.253 e. The second-order valence-corrected chi connectivity index (χ2v) is 6.70. The predicted molar refractivity (Wildman–Crippen MR) is 73.1 cm³/mol. The molecule has 0 saturated heterocycles. The standard InChI is InChI=1S/C13H15N3O2S/c1-2-19(17,18)16-9-13(8-15-16)10-3-4-11-6-14-7-12(11)5-10/h3-5,8-9,14H,2,6-7H2,1H3. The Labute approximate surface area is 112 Å². The fourth-order valence-electron chi connectivity index (χ4n) is 2.21. The highest BCUT2D eigenvalue weighted by Crippen LogP contribution is 2.24. The first-order valence-corrected chi connectivity index (χ1v) is 7.82. The summed E-state index contributed by atoms with van der Waals surface area (Å²) in [5, 5.41) is 7.23. The molecule has 19 heavy (non-hydrogen) atoms. The SMILES string of the molecule is CCS(=O)(=O)n1cc(-c2ccc3c(c2)CNC3)cn1. The Morgan fingerprint density at radius 3 is 2.84 bits per heavy atom. The van der Waals surface area contributed by atoms with E-state index in [2.05, 4.69) is 22.5 Å². The molecule has 0 spiro atoms. The minimum atomic E-state index is -3.30. The fraction of sp³-hybridized carbons (Fsp3) is 0.308. The van der Waals surface area contributed by atoms with Crippen LogP contribution < -0.4 is 5.32 Å². The lowest BCUT2D eigenvalue weighted by Gasteiger charge is -2.02. The molecular weight excluding hydrogens is 262 g/mol. The molecule has 1 N–H and O–H groups in total. The van der Waals surface area contributed by atoms with Crippen LogP contribution in [0.5, 0.6) is 0 Å². The maximum atomic E-state index is 11.7. The Morgan fingerprint density at radius 2 is 2.05 bits per heavy atom. The first kappa shape index (κ1) is 12.4. The Morgan fingerprint density at radius 1 is 1.26 bits per heavy atom. The topological polar surface area (TPSA) is 64.0 Å². The highest BCUT2D eigenvalue weighted by Gasteiger charge is 2.14. The van der Waals surface area contributed by atoms with E-state index in [1.807, 2.05) is 6.07 Å².